The molecule has 2 heterocycles. The van der Waals surface area contributed by atoms with Crippen LogP contribution >= 0.6 is 0 Å². The molecule has 0 N–H and O–H groups in total. The van der Waals surface area contributed by atoms with Crippen LogP contribution in [0.4, 0.5) is 0 Å². The van der Waals surface area contributed by atoms with Crippen LogP contribution in [0, 0.1) is 0 Å². The molecule has 60 valence electrons. The summed E-state index contributed by atoms with van der Waals surface area (Å²) < 4.78 is 1.72. The number of pyridine rings is 1. The van der Waals surface area contributed by atoms with Gasteiger partial charge in [-0.05, 0) is 19.1 Å². The third kappa shape index (κ3) is 0.887. The van der Waals surface area contributed by atoms with E-state index in [1.165, 1.54) is 6.92 Å². The number of ketones is 1. The smallest absolute Gasteiger partial charge is 0.171 e. The van der Waals surface area contributed by atoms with Crippen molar-refractivity contribution in [2.24, 2.45) is 0 Å². The highest BCUT2D eigenvalue weighted by Gasteiger charge is 2.05. The van der Waals surface area contributed by atoms with Crippen LogP contribution in [0.1, 0.15) is 17.3 Å². The lowest BCUT2D eigenvalue weighted by Crippen LogP contribution is -1.96. The molecule has 0 fully saturated rings. The number of aromatic nitrogens is 3. The quantitative estimate of drug-likeness (QED) is 0.584. The predicted molar refractivity (Wildman–Crippen MR) is 43.0 cm³/mol. The zero-order valence-electron chi connectivity index (χ0n) is 6.56. The van der Waals surface area contributed by atoms with E-state index in [4.69, 9.17) is 0 Å². The molecule has 2 aromatic rings. The Morgan fingerprint density at radius 2 is 2.42 bits per heavy atom. The Bertz CT molecular complexity index is 433. The van der Waals surface area contributed by atoms with Gasteiger partial charge >= 0.3 is 0 Å². The van der Waals surface area contributed by atoms with E-state index in [9.17, 15) is 4.79 Å². The first-order valence-corrected chi connectivity index (χ1v) is 3.58. The first kappa shape index (κ1) is 6.97. The lowest BCUT2D eigenvalue weighted by atomic mass is 10.2. The van der Waals surface area contributed by atoms with Crippen LogP contribution in [0.2, 0.25) is 0 Å². The van der Waals surface area contributed by atoms with Gasteiger partial charge in [0.15, 0.2) is 11.4 Å². The van der Waals surface area contributed by atoms with E-state index >= 15 is 0 Å². The molecule has 4 nitrogen and oxygen atoms in total. The second kappa shape index (κ2) is 2.41. The predicted octanol–water partition coefficient (Wildman–Crippen LogP) is 0.932. The first-order valence-electron chi connectivity index (χ1n) is 3.58. The fourth-order valence-corrected chi connectivity index (χ4v) is 1.13. The lowest BCUT2D eigenvalue weighted by molar-refractivity contribution is 0.101. The van der Waals surface area contributed by atoms with Crippen LogP contribution in [0.15, 0.2) is 24.7 Å². The second-order valence-corrected chi connectivity index (χ2v) is 2.54. The summed E-state index contributed by atoms with van der Waals surface area (Å²) in [6, 6.07) is 3.54. The number of Topliss-reactive ketones (excluding diaryl/α,β-unsaturated/α-hetero) is 1. The van der Waals surface area contributed by atoms with Crippen molar-refractivity contribution in [3.63, 3.8) is 0 Å². The van der Waals surface area contributed by atoms with Crippen LogP contribution in [0.25, 0.3) is 5.65 Å². The van der Waals surface area contributed by atoms with Crippen molar-refractivity contribution in [3.8, 4) is 0 Å². The summed E-state index contributed by atoms with van der Waals surface area (Å²) in [7, 11) is 0. The summed E-state index contributed by atoms with van der Waals surface area (Å²) in [5.41, 5.74) is 1.22. The molecule has 0 saturated carbocycles. The van der Waals surface area contributed by atoms with E-state index in [2.05, 4.69) is 10.2 Å². The van der Waals surface area contributed by atoms with Gasteiger partial charge in [-0.3, -0.25) is 9.20 Å². The van der Waals surface area contributed by atoms with Gasteiger partial charge in [0, 0.05) is 6.20 Å². The van der Waals surface area contributed by atoms with Gasteiger partial charge in [-0.1, -0.05) is 0 Å². The second-order valence-electron chi connectivity index (χ2n) is 2.54. The highest BCUT2D eigenvalue weighted by molar-refractivity contribution is 5.99. The zero-order valence-corrected chi connectivity index (χ0v) is 6.56. The van der Waals surface area contributed by atoms with Crippen molar-refractivity contribution in [1.29, 1.82) is 0 Å². The molecular formula is C8H7N3O. The molecule has 0 bridgehead atoms. The maximum atomic E-state index is 11.1. The number of carbonyl (C=O) groups excluding carboxylic acids is 1. The van der Waals surface area contributed by atoms with Crippen molar-refractivity contribution in [1.82, 2.24) is 14.6 Å². The summed E-state index contributed by atoms with van der Waals surface area (Å²) in [4.78, 5) is 11.1. The van der Waals surface area contributed by atoms with Crippen molar-refractivity contribution in [2.75, 3.05) is 0 Å². The SMILES string of the molecule is CC(=O)c1cccn2cnnc12. The molecule has 12 heavy (non-hydrogen) atoms. The molecular weight excluding hydrogens is 154 g/mol. The number of carbonyl (C=O) groups is 1. The number of hydrogen-bond donors (Lipinski definition) is 0. The summed E-state index contributed by atoms with van der Waals surface area (Å²) >= 11 is 0. The van der Waals surface area contributed by atoms with Gasteiger partial charge in [-0.2, -0.15) is 0 Å². The number of hydrogen-bond acceptors (Lipinski definition) is 3. The van der Waals surface area contributed by atoms with Crippen LogP contribution in [-0.2, 0) is 0 Å². The Morgan fingerprint density at radius 3 is 3.17 bits per heavy atom. The number of rotatable bonds is 1. The Hall–Kier alpha value is -1.71. The van der Waals surface area contributed by atoms with Gasteiger partial charge in [0.05, 0.1) is 5.56 Å². The maximum absolute atomic E-state index is 11.1. The monoisotopic (exact) mass is 161 g/mol. The minimum Gasteiger partial charge on any atom is -0.294 e. The fraction of sp³-hybridized carbons (Fsp3) is 0.125. The Balaban J connectivity index is 2.82. The van der Waals surface area contributed by atoms with Crippen LogP contribution in [0.3, 0.4) is 0 Å². The zero-order chi connectivity index (χ0) is 8.55. The topological polar surface area (TPSA) is 47.3 Å². The number of fused-ring (bicyclic) bond motifs is 1. The third-order valence-corrected chi connectivity index (χ3v) is 1.70. The maximum Gasteiger partial charge on any atom is 0.171 e. The standard InChI is InChI=1S/C8H7N3O/c1-6(12)7-3-2-4-11-5-9-10-8(7)11/h2-5H,1H3. The summed E-state index contributed by atoms with van der Waals surface area (Å²) in [5, 5.41) is 7.54. The Kier molecular flexibility index (Phi) is 1.40. The van der Waals surface area contributed by atoms with Crippen LogP contribution < -0.4 is 0 Å². The van der Waals surface area contributed by atoms with Gasteiger partial charge in [-0.15, -0.1) is 10.2 Å². The highest BCUT2D eigenvalue weighted by atomic mass is 16.1. The van der Waals surface area contributed by atoms with Gasteiger partial charge in [0.25, 0.3) is 0 Å². The molecule has 0 radical (unpaired) electrons. The van der Waals surface area contributed by atoms with E-state index in [0.29, 0.717) is 11.2 Å². The minimum absolute atomic E-state index is 0.00796. The summed E-state index contributed by atoms with van der Waals surface area (Å²) in [6.07, 6.45) is 3.38. The van der Waals surface area contributed by atoms with Crippen molar-refractivity contribution in [2.45, 2.75) is 6.92 Å². The first-order chi connectivity index (χ1) is 5.79. The molecule has 0 aliphatic rings. The van der Waals surface area contributed by atoms with Crippen LogP contribution in [-0.4, -0.2) is 20.4 Å². The van der Waals surface area contributed by atoms with E-state index < -0.39 is 0 Å². The van der Waals surface area contributed by atoms with Gasteiger partial charge in [0.1, 0.15) is 6.33 Å². The molecule has 4 heteroatoms. The largest absolute Gasteiger partial charge is 0.294 e. The molecule has 0 unspecified atom stereocenters. The Labute approximate surface area is 68.8 Å². The van der Waals surface area contributed by atoms with E-state index in [-0.39, 0.29) is 5.78 Å². The summed E-state index contributed by atoms with van der Waals surface area (Å²) in [5.74, 6) is 0.00796. The van der Waals surface area contributed by atoms with E-state index in [1.54, 1.807) is 22.9 Å². The van der Waals surface area contributed by atoms with Crippen molar-refractivity contribution >= 4 is 11.4 Å². The van der Waals surface area contributed by atoms with Crippen LogP contribution in [0.5, 0.6) is 0 Å². The average molecular weight is 161 g/mol. The lowest BCUT2D eigenvalue weighted by Gasteiger charge is -1.95. The van der Waals surface area contributed by atoms with Gasteiger partial charge in [0.2, 0.25) is 0 Å². The average Bonchev–Trinajstić information content (AvgIpc) is 2.49. The third-order valence-electron chi connectivity index (χ3n) is 1.70. The molecule has 2 rings (SSSR count). The number of nitrogens with zero attached hydrogens (tertiary/aromatic N) is 3. The van der Waals surface area contributed by atoms with Gasteiger partial charge in [-0.25, -0.2) is 0 Å². The molecule has 0 saturated heterocycles. The Morgan fingerprint density at radius 1 is 1.58 bits per heavy atom. The van der Waals surface area contributed by atoms with Crippen molar-refractivity contribution in [3.05, 3.63) is 30.2 Å². The van der Waals surface area contributed by atoms with Crippen molar-refractivity contribution < 1.29 is 4.79 Å². The summed E-state index contributed by atoms with van der Waals surface area (Å²) in [6.45, 7) is 1.52. The van der Waals surface area contributed by atoms with E-state index in [0.717, 1.165) is 0 Å². The molecule has 0 amide bonds. The minimum atomic E-state index is 0.00796. The molecule has 0 atom stereocenters. The van der Waals surface area contributed by atoms with E-state index in [1.807, 2.05) is 6.20 Å². The normalized spacial score (nSPS) is 10.4. The fourth-order valence-electron chi connectivity index (χ4n) is 1.13. The molecule has 0 aromatic carbocycles. The molecule has 0 spiro atoms. The molecule has 0 aliphatic heterocycles. The van der Waals surface area contributed by atoms with Gasteiger partial charge < -0.3 is 0 Å². The highest BCUT2D eigenvalue weighted by Crippen LogP contribution is 2.07. The molecule has 0 aliphatic carbocycles. The molecule has 2 aromatic heterocycles.